The van der Waals surface area contributed by atoms with Crippen molar-refractivity contribution in [3.05, 3.63) is 24.3 Å². The molecule has 1 aromatic rings. The molecule has 0 bridgehead atoms. The average Bonchev–Trinajstić information content (AvgIpc) is 2.46. The number of nitrogens with zero attached hydrogens (tertiary/aromatic N) is 2. The van der Waals surface area contributed by atoms with Gasteiger partial charge >= 0.3 is 6.18 Å². The SMILES string of the molecule is CC(NC1CCCC(OCC(F)(F)F)C1)c1cnccn1. The van der Waals surface area contributed by atoms with E-state index >= 15 is 0 Å². The fraction of sp³-hybridized carbons (Fsp3) is 0.714. The van der Waals surface area contributed by atoms with Gasteiger partial charge in [-0.15, -0.1) is 0 Å². The number of nitrogens with one attached hydrogen (secondary N) is 1. The third-order valence-electron chi connectivity index (χ3n) is 3.62. The van der Waals surface area contributed by atoms with Gasteiger partial charge in [0.2, 0.25) is 0 Å². The van der Waals surface area contributed by atoms with Crippen molar-refractivity contribution in [2.24, 2.45) is 0 Å². The number of rotatable bonds is 5. The zero-order valence-corrected chi connectivity index (χ0v) is 11.9. The van der Waals surface area contributed by atoms with Crippen molar-refractivity contribution in [3.63, 3.8) is 0 Å². The molecule has 4 nitrogen and oxygen atoms in total. The van der Waals surface area contributed by atoms with E-state index in [4.69, 9.17) is 4.74 Å². The molecule has 1 N–H and O–H groups in total. The van der Waals surface area contributed by atoms with Crippen LogP contribution in [0, 0.1) is 0 Å². The molecule has 1 aliphatic carbocycles. The first-order valence-corrected chi connectivity index (χ1v) is 7.14. The van der Waals surface area contributed by atoms with Gasteiger partial charge in [0.05, 0.1) is 11.8 Å². The summed E-state index contributed by atoms with van der Waals surface area (Å²) >= 11 is 0. The Kier molecular flexibility index (Phi) is 5.52. The summed E-state index contributed by atoms with van der Waals surface area (Å²) in [6, 6.07) is 0.166. The monoisotopic (exact) mass is 303 g/mol. The first-order valence-electron chi connectivity index (χ1n) is 7.14. The largest absolute Gasteiger partial charge is 0.411 e. The third-order valence-corrected chi connectivity index (χ3v) is 3.62. The minimum absolute atomic E-state index is 0.0186. The second-order valence-corrected chi connectivity index (χ2v) is 5.43. The van der Waals surface area contributed by atoms with Gasteiger partial charge in [-0.25, -0.2) is 0 Å². The number of hydrogen-bond acceptors (Lipinski definition) is 4. The summed E-state index contributed by atoms with van der Waals surface area (Å²) in [5.74, 6) is 0. The zero-order chi connectivity index (χ0) is 15.3. The Bertz CT molecular complexity index is 427. The van der Waals surface area contributed by atoms with Crippen LogP contribution in [0.5, 0.6) is 0 Å². The van der Waals surface area contributed by atoms with Gasteiger partial charge in [-0.3, -0.25) is 9.97 Å². The van der Waals surface area contributed by atoms with Crippen LogP contribution in [0.15, 0.2) is 18.6 Å². The Hall–Kier alpha value is -1.21. The van der Waals surface area contributed by atoms with Crippen molar-refractivity contribution < 1.29 is 17.9 Å². The summed E-state index contributed by atoms with van der Waals surface area (Å²) in [5, 5.41) is 3.40. The van der Waals surface area contributed by atoms with Crippen LogP contribution in [0.3, 0.4) is 0 Å². The summed E-state index contributed by atoms with van der Waals surface area (Å²) in [4.78, 5) is 8.24. The highest BCUT2D eigenvalue weighted by Crippen LogP contribution is 2.25. The summed E-state index contributed by atoms with van der Waals surface area (Å²) < 4.78 is 41.5. The van der Waals surface area contributed by atoms with E-state index in [-0.39, 0.29) is 18.2 Å². The molecule has 2 rings (SSSR count). The highest BCUT2D eigenvalue weighted by atomic mass is 19.4. The molecule has 1 aromatic heterocycles. The molecule has 0 radical (unpaired) electrons. The Morgan fingerprint density at radius 1 is 1.38 bits per heavy atom. The Morgan fingerprint density at radius 2 is 2.19 bits per heavy atom. The molecule has 1 fully saturated rings. The van der Waals surface area contributed by atoms with E-state index in [0.29, 0.717) is 12.8 Å². The van der Waals surface area contributed by atoms with E-state index in [0.717, 1.165) is 18.5 Å². The lowest BCUT2D eigenvalue weighted by Crippen LogP contribution is -2.39. The summed E-state index contributed by atoms with van der Waals surface area (Å²) in [6.45, 7) is 0.814. The van der Waals surface area contributed by atoms with Crippen LogP contribution in [-0.4, -0.2) is 34.9 Å². The summed E-state index contributed by atoms with van der Waals surface area (Å²) in [6.07, 6.45) is 3.44. The lowest BCUT2D eigenvalue weighted by atomic mass is 9.92. The molecule has 0 amide bonds. The Labute approximate surface area is 122 Å². The van der Waals surface area contributed by atoms with Gasteiger partial charge in [0, 0.05) is 30.7 Å². The number of ether oxygens (including phenoxy) is 1. The first kappa shape index (κ1) is 16.2. The normalized spacial score (nSPS) is 24.8. The predicted octanol–water partition coefficient (Wildman–Crippen LogP) is 3.02. The second-order valence-electron chi connectivity index (χ2n) is 5.43. The van der Waals surface area contributed by atoms with Gasteiger partial charge in [-0.2, -0.15) is 13.2 Å². The zero-order valence-electron chi connectivity index (χ0n) is 11.9. The van der Waals surface area contributed by atoms with Crippen LogP contribution in [0.4, 0.5) is 13.2 Å². The fourth-order valence-corrected chi connectivity index (χ4v) is 2.63. The van der Waals surface area contributed by atoms with E-state index in [1.54, 1.807) is 18.6 Å². The topological polar surface area (TPSA) is 47.0 Å². The van der Waals surface area contributed by atoms with Crippen LogP contribution in [0.1, 0.15) is 44.3 Å². The maximum Gasteiger partial charge on any atom is 0.411 e. The minimum atomic E-state index is -4.26. The molecule has 1 heterocycles. The van der Waals surface area contributed by atoms with Gasteiger partial charge in [0.15, 0.2) is 0 Å². The van der Waals surface area contributed by atoms with Gasteiger partial charge in [0.25, 0.3) is 0 Å². The highest BCUT2D eigenvalue weighted by Gasteiger charge is 2.31. The van der Waals surface area contributed by atoms with Crippen LogP contribution >= 0.6 is 0 Å². The van der Waals surface area contributed by atoms with Crippen LogP contribution < -0.4 is 5.32 Å². The summed E-state index contributed by atoms with van der Waals surface area (Å²) in [7, 11) is 0. The fourth-order valence-electron chi connectivity index (χ4n) is 2.63. The smallest absolute Gasteiger partial charge is 0.369 e. The maximum atomic E-state index is 12.2. The van der Waals surface area contributed by atoms with Gasteiger partial charge < -0.3 is 10.1 Å². The molecule has 0 saturated heterocycles. The van der Waals surface area contributed by atoms with Crippen molar-refractivity contribution in [3.8, 4) is 0 Å². The van der Waals surface area contributed by atoms with Crippen molar-refractivity contribution >= 4 is 0 Å². The van der Waals surface area contributed by atoms with Crippen molar-refractivity contribution in [2.75, 3.05) is 6.61 Å². The molecule has 0 aromatic carbocycles. The molecule has 3 atom stereocenters. The van der Waals surface area contributed by atoms with E-state index in [1.807, 2.05) is 6.92 Å². The van der Waals surface area contributed by atoms with Crippen molar-refractivity contribution in [2.45, 2.75) is 57.0 Å². The second kappa shape index (κ2) is 7.17. The number of aromatic nitrogens is 2. The average molecular weight is 303 g/mol. The van der Waals surface area contributed by atoms with Crippen LogP contribution in [0.25, 0.3) is 0 Å². The summed E-state index contributed by atoms with van der Waals surface area (Å²) in [5.41, 5.74) is 0.829. The molecule has 7 heteroatoms. The molecule has 3 unspecified atom stereocenters. The van der Waals surface area contributed by atoms with E-state index in [2.05, 4.69) is 15.3 Å². The molecule has 1 aliphatic rings. The quantitative estimate of drug-likeness (QED) is 0.908. The molecule has 0 spiro atoms. The van der Waals surface area contributed by atoms with E-state index in [1.165, 1.54) is 0 Å². The van der Waals surface area contributed by atoms with Crippen molar-refractivity contribution in [1.82, 2.24) is 15.3 Å². The van der Waals surface area contributed by atoms with Gasteiger partial charge in [0.1, 0.15) is 6.61 Å². The molecule has 0 aliphatic heterocycles. The van der Waals surface area contributed by atoms with Crippen molar-refractivity contribution in [1.29, 1.82) is 0 Å². The standard InChI is InChI=1S/C14H20F3N3O/c1-10(13-8-18-5-6-19-13)20-11-3-2-4-12(7-11)21-9-14(15,16)17/h5-6,8,10-12,20H,2-4,7,9H2,1H3. The molecule has 21 heavy (non-hydrogen) atoms. The van der Waals surface area contributed by atoms with E-state index < -0.39 is 12.8 Å². The third kappa shape index (κ3) is 5.59. The minimum Gasteiger partial charge on any atom is -0.369 e. The highest BCUT2D eigenvalue weighted by molar-refractivity contribution is 5.01. The lowest BCUT2D eigenvalue weighted by molar-refractivity contribution is -0.188. The van der Waals surface area contributed by atoms with Gasteiger partial charge in [-0.1, -0.05) is 0 Å². The van der Waals surface area contributed by atoms with Crippen LogP contribution in [0.2, 0.25) is 0 Å². The molecular formula is C14H20F3N3O. The van der Waals surface area contributed by atoms with E-state index in [9.17, 15) is 13.2 Å². The Balaban J connectivity index is 1.81. The van der Waals surface area contributed by atoms with Gasteiger partial charge in [-0.05, 0) is 32.6 Å². The number of halogens is 3. The molecule has 118 valence electrons. The maximum absolute atomic E-state index is 12.2. The lowest BCUT2D eigenvalue weighted by Gasteiger charge is -2.31. The number of hydrogen-bond donors (Lipinski definition) is 1. The predicted molar refractivity (Wildman–Crippen MR) is 71.6 cm³/mol. The van der Waals surface area contributed by atoms with Crippen LogP contribution in [-0.2, 0) is 4.74 Å². The molecule has 1 saturated carbocycles. The molecular weight excluding hydrogens is 283 g/mol. The number of alkyl halides is 3. The first-order chi connectivity index (χ1) is 9.94. The Morgan fingerprint density at radius 3 is 2.86 bits per heavy atom.